The van der Waals surface area contributed by atoms with Crippen molar-refractivity contribution in [3.8, 4) is 0 Å². The van der Waals surface area contributed by atoms with E-state index >= 15 is 0 Å². The maximum atomic E-state index is 6.26. The summed E-state index contributed by atoms with van der Waals surface area (Å²) in [6.07, 6.45) is 1.49. The molecule has 5 nitrogen and oxygen atoms in total. The number of hydrogen-bond donors (Lipinski definition) is 1. The van der Waals surface area contributed by atoms with Gasteiger partial charge in [0.05, 0.1) is 36.2 Å². The van der Waals surface area contributed by atoms with Crippen LogP contribution in [0.15, 0.2) is 0 Å². The second-order valence-electron chi connectivity index (χ2n) is 4.22. The van der Waals surface area contributed by atoms with Gasteiger partial charge >= 0.3 is 0 Å². The number of hydrogen-bond acceptors (Lipinski definition) is 4. The summed E-state index contributed by atoms with van der Waals surface area (Å²) in [6, 6.07) is -0.0838. The Balaban J connectivity index is 2.48. The second-order valence-corrected chi connectivity index (χ2v) is 4.59. The molecule has 0 aliphatic heterocycles. The second kappa shape index (κ2) is 7.74. The van der Waals surface area contributed by atoms with E-state index in [1.807, 2.05) is 14.0 Å². The number of aromatic nitrogens is 2. The van der Waals surface area contributed by atoms with Crippen molar-refractivity contribution in [2.45, 2.75) is 25.8 Å². The van der Waals surface area contributed by atoms with E-state index in [9.17, 15) is 0 Å². The molecule has 6 heteroatoms. The van der Waals surface area contributed by atoms with E-state index < -0.39 is 0 Å². The number of ether oxygens (including phenoxy) is 2. The van der Waals surface area contributed by atoms with Crippen LogP contribution in [0.4, 0.5) is 0 Å². The first-order valence-corrected chi connectivity index (χ1v) is 6.50. The van der Waals surface area contributed by atoms with Gasteiger partial charge in [0.2, 0.25) is 0 Å². The number of nitrogens with zero attached hydrogens (tertiary/aromatic N) is 2. The lowest BCUT2D eigenvalue weighted by Crippen LogP contribution is -2.30. The topological polar surface area (TPSA) is 62.3 Å². The largest absolute Gasteiger partial charge is 0.382 e. The van der Waals surface area contributed by atoms with E-state index in [1.165, 1.54) is 0 Å². The predicted molar refractivity (Wildman–Crippen MR) is 72.0 cm³/mol. The summed E-state index contributed by atoms with van der Waals surface area (Å²) in [5.74, 6) is 0. The monoisotopic (exact) mass is 275 g/mol. The van der Waals surface area contributed by atoms with Crippen LogP contribution in [0.3, 0.4) is 0 Å². The quantitative estimate of drug-likeness (QED) is 0.724. The van der Waals surface area contributed by atoms with E-state index in [0.29, 0.717) is 26.2 Å². The molecule has 1 heterocycles. The van der Waals surface area contributed by atoms with Crippen molar-refractivity contribution in [3.05, 3.63) is 16.4 Å². The Morgan fingerprint density at radius 1 is 1.44 bits per heavy atom. The van der Waals surface area contributed by atoms with Crippen molar-refractivity contribution in [1.29, 1.82) is 0 Å². The molecule has 0 spiro atoms. The summed E-state index contributed by atoms with van der Waals surface area (Å²) in [7, 11) is 3.53. The van der Waals surface area contributed by atoms with Crippen LogP contribution >= 0.6 is 11.6 Å². The fraction of sp³-hybridized carbons (Fsp3) is 0.750. The molecule has 2 N–H and O–H groups in total. The smallest absolute Gasteiger partial charge is 0.0850 e. The molecule has 1 unspecified atom stereocenters. The number of halogens is 1. The normalized spacial score (nSPS) is 12.9. The SMILES string of the molecule is CCc1nn(C)c(CC(N)COCCOC)c1Cl. The van der Waals surface area contributed by atoms with Crippen LogP contribution in [0.2, 0.25) is 5.02 Å². The van der Waals surface area contributed by atoms with Crippen molar-refractivity contribution in [1.82, 2.24) is 9.78 Å². The van der Waals surface area contributed by atoms with Gasteiger partial charge in [0.1, 0.15) is 0 Å². The number of methoxy groups -OCH3 is 1. The van der Waals surface area contributed by atoms with Gasteiger partial charge in [-0.15, -0.1) is 0 Å². The highest BCUT2D eigenvalue weighted by molar-refractivity contribution is 6.31. The molecule has 0 radical (unpaired) electrons. The van der Waals surface area contributed by atoms with Gasteiger partial charge < -0.3 is 15.2 Å². The molecule has 1 rings (SSSR count). The average Bonchev–Trinajstić information content (AvgIpc) is 2.62. The summed E-state index contributed by atoms with van der Waals surface area (Å²) in [5, 5.41) is 5.09. The summed E-state index contributed by atoms with van der Waals surface area (Å²) in [5.41, 5.74) is 7.90. The van der Waals surface area contributed by atoms with Crippen molar-refractivity contribution < 1.29 is 9.47 Å². The van der Waals surface area contributed by atoms with Crippen LogP contribution in [0.5, 0.6) is 0 Å². The minimum atomic E-state index is -0.0838. The van der Waals surface area contributed by atoms with Crippen LogP contribution < -0.4 is 5.73 Å². The molecule has 0 saturated carbocycles. The molecular weight excluding hydrogens is 254 g/mol. The maximum absolute atomic E-state index is 6.26. The Morgan fingerprint density at radius 3 is 2.72 bits per heavy atom. The summed E-state index contributed by atoms with van der Waals surface area (Å²) in [4.78, 5) is 0. The van der Waals surface area contributed by atoms with Gasteiger partial charge in [-0.2, -0.15) is 5.10 Å². The van der Waals surface area contributed by atoms with E-state index in [4.69, 9.17) is 26.8 Å². The third-order valence-electron chi connectivity index (χ3n) is 2.72. The van der Waals surface area contributed by atoms with Crippen LogP contribution in [0.1, 0.15) is 18.3 Å². The Hall–Kier alpha value is -0.620. The molecule has 0 bridgehead atoms. The maximum Gasteiger partial charge on any atom is 0.0850 e. The Kier molecular flexibility index (Phi) is 6.63. The summed E-state index contributed by atoms with van der Waals surface area (Å²) < 4.78 is 12.1. The third kappa shape index (κ3) is 4.24. The molecule has 0 fully saturated rings. The van der Waals surface area contributed by atoms with Gasteiger partial charge in [-0.1, -0.05) is 18.5 Å². The van der Waals surface area contributed by atoms with Crippen LogP contribution in [-0.2, 0) is 29.4 Å². The molecule has 1 aromatic rings. The Bertz CT molecular complexity index is 368. The van der Waals surface area contributed by atoms with Gasteiger partial charge in [-0.25, -0.2) is 0 Å². The lowest BCUT2D eigenvalue weighted by Gasteiger charge is -2.12. The molecule has 0 amide bonds. The lowest BCUT2D eigenvalue weighted by atomic mass is 10.1. The zero-order valence-corrected chi connectivity index (χ0v) is 12.0. The van der Waals surface area contributed by atoms with Crippen LogP contribution in [0, 0.1) is 0 Å². The Morgan fingerprint density at radius 2 is 2.17 bits per heavy atom. The molecule has 104 valence electrons. The van der Waals surface area contributed by atoms with Gasteiger partial charge in [-0.3, -0.25) is 4.68 Å². The van der Waals surface area contributed by atoms with Crippen LogP contribution in [0.25, 0.3) is 0 Å². The first kappa shape index (κ1) is 15.4. The van der Waals surface area contributed by atoms with Gasteiger partial charge in [0.25, 0.3) is 0 Å². The third-order valence-corrected chi connectivity index (χ3v) is 3.16. The average molecular weight is 276 g/mol. The highest BCUT2D eigenvalue weighted by atomic mass is 35.5. The van der Waals surface area contributed by atoms with E-state index in [-0.39, 0.29) is 6.04 Å². The van der Waals surface area contributed by atoms with Crippen molar-refractivity contribution >= 4 is 11.6 Å². The van der Waals surface area contributed by atoms with Gasteiger partial charge in [-0.05, 0) is 6.42 Å². The zero-order valence-electron chi connectivity index (χ0n) is 11.3. The van der Waals surface area contributed by atoms with E-state index in [2.05, 4.69) is 5.10 Å². The standard InChI is InChI=1S/C12H22ClN3O2/c1-4-10-12(13)11(16(2)15-10)7-9(14)8-18-6-5-17-3/h9H,4-8,14H2,1-3H3. The fourth-order valence-electron chi connectivity index (χ4n) is 1.73. The van der Waals surface area contributed by atoms with Gasteiger partial charge in [0, 0.05) is 26.6 Å². The number of aryl methyl sites for hydroxylation is 2. The highest BCUT2D eigenvalue weighted by Gasteiger charge is 2.15. The molecule has 0 aliphatic rings. The molecule has 0 aliphatic carbocycles. The highest BCUT2D eigenvalue weighted by Crippen LogP contribution is 2.21. The van der Waals surface area contributed by atoms with Crippen molar-refractivity contribution in [3.63, 3.8) is 0 Å². The minimum Gasteiger partial charge on any atom is -0.382 e. The first-order valence-electron chi connectivity index (χ1n) is 6.12. The van der Waals surface area contributed by atoms with Crippen LogP contribution in [-0.4, -0.2) is 42.8 Å². The molecule has 18 heavy (non-hydrogen) atoms. The zero-order chi connectivity index (χ0) is 13.5. The Labute approximate surface area is 113 Å². The fourth-order valence-corrected chi connectivity index (χ4v) is 2.10. The summed E-state index contributed by atoms with van der Waals surface area (Å²) in [6.45, 7) is 3.67. The van der Waals surface area contributed by atoms with E-state index in [0.717, 1.165) is 22.8 Å². The van der Waals surface area contributed by atoms with Crippen molar-refractivity contribution in [2.24, 2.45) is 12.8 Å². The first-order chi connectivity index (χ1) is 8.60. The molecule has 1 atom stereocenters. The molecule has 0 aromatic carbocycles. The number of rotatable bonds is 8. The minimum absolute atomic E-state index is 0.0838. The molecule has 0 saturated heterocycles. The predicted octanol–water partition coefficient (Wildman–Crippen LogP) is 1.17. The number of nitrogens with two attached hydrogens (primary N) is 1. The van der Waals surface area contributed by atoms with E-state index in [1.54, 1.807) is 11.8 Å². The molecular formula is C12H22ClN3O2. The molecule has 1 aromatic heterocycles. The summed E-state index contributed by atoms with van der Waals surface area (Å²) >= 11 is 6.26. The van der Waals surface area contributed by atoms with Gasteiger partial charge in [0.15, 0.2) is 0 Å². The van der Waals surface area contributed by atoms with Crippen molar-refractivity contribution in [2.75, 3.05) is 26.9 Å². The lowest BCUT2D eigenvalue weighted by molar-refractivity contribution is 0.0635.